The third-order valence-electron chi connectivity index (χ3n) is 4.68. The van der Waals surface area contributed by atoms with Gasteiger partial charge in [-0.15, -0.1) is 0 Å². The second kappa shape index (κ2) is 7.11. The topological polar surface area (TPSA) is 75.2 Å². The summed E-state index contributed by atoms with van der Waals surface area (Å²) >= 11 is 0. The van der Waals surface area contributed by atoms with Crippen LogP contribution in [-0.2, 0) is 11.3 Å². The molecule has 2 aromatic heterocycles. The Bertz CT molecular complexity index is 983. The van der Waals surface area contributed by atoms with E-state index in [-0.39, 0.29) is 18.5 Å². The van der Waals surface area contributed by atoms with Crippen molar-refractivity contribution in [3.05, 3.63) is 47.3 Å². The summed E-state index contributed by atoms with van der Waals surface area (Å²) in [7, 11) is 0. The Labute approximate surface area is 154 Å². The number of halogens is 2. The molecular weight excluding hydrogens is 354 g/mol. The lowest BCUT2D eigenvalue weighted by molar-refractivity contribution is -0.0371. The number of fused-ring (bicyclic) bond motifs is 1. The van der Waals surface area contributed by atoms with E-state index in [1.165, 1.54) is 0 Å². The summed E-state index contributed by atoms with van der Waals surface area (Å²) in [6.45, 7) is 2.57. The summed E-state index contributed by atoms with van der Waals surface area (Å²) in [4.78, 5) is 4.48. The van der Waals surface area contributed by atoms with E-state index in [4.69, 9.17) is 15.2 Å². The van der Waals surface area contributed by atoms with Crippen LogP contribution in [0.5, 0.6) is 5.75 Å². The monoisotopic (exact) mass is 374 g/mol. The average Bonchev–Trinajstić information content (AvgIpc) is 3.02. The van der Waals surface area contributed by atoms with Gasteiger partial charge in [-0.25, -0.2) is 18.4 Å². The molecule has 142 valence electrons. The van der Waals surface area contributed by atoms with E-state index in [1.807, 2.05) is 17.7 Å². The molecule has 6 nitrogen and oxygen atoms in total. The maximum atomic E-state index is 14.0. The molecule has 1 unspecified atom stereocenters. The molecule has 27 heavy (non-hydrogen) atoms. The number of nitrogens with two attached hydrogens (primary N) is 1. The van der Waals surface area contributed by atoms with E-state index >= 15 is 0 Å². The minimum Gasteiger partial charge on any atom is -0.483 e. The Morgan fingerprint density at radius 2 is 2.19 bits per heavy atom. The number of hydrogen-bond donors (Lipinski definition) is 1. The molecule has 0 radical (unpaired) electrons. The number of nitrogen functional groups attached to an aromatic ring is 1. The zero-order valence-electron chi connectivity index (χ0n) is 14.9. The van der Waals surface area contributed by atoms with Gasteiger partial charge in [-0.1, -0.05) is 0 Å². The van der Waals surface area contributed by atoms with Gasteiger partial charge >= 0.3 is 0 Å². The predicted molar refractivity (Wildman–Crippen MR) is 96.2 cm³/mol. The van der Waals surface area contributed by atoms with Gasteiger partial charge in [0.2, 0.25) is 0 Å². The Morgan fingerprint density at radius 1 is 1.33 bits per heavy atom. The van der Waals surface area contributed by atoms with Gasteiger partial charge < -0.3 is 15.2 Å². The summed E-state index contributed by atoms with van der Waals surface area (Å²) in [6, 6.07) is 4.11. The fourth-order valence-corrected chi connectivity index (χ4v) is 3.24. The van der Waals surface area contributed by atoms with Crippen molar-refractivity contribution in [1.29, 1.82) is 0 Å². The van der Waals surface area contributed by atoms with Crippen molar-refractivity contribution in [3.63, 3.8) is 0 Å². The van der Waals surface area contributed by atoms with Crippen molar-refractivity contribution in [2.75, 3.05) is 12.3 Å². The van der Waals surface area contributed by atoms with Gasteiger partial charge in [-0.05, 0) is 44.4 Å². The van der Waals surface area contributed by atoms with Gasteiger partial charge in [0.05, 0.1) is 11.4 Å². The second-order valence-corrected chi connectivity index (χ2v) is 6.63. The van der Waals surface area contributed by atoms with Crippen LogP contribution in [0.1, 0.15) is 36.7 Å². The first-order chi connectivity index (χ1) is 13.0. The van der Waals surface area contributed by atoms with E-state index in [1.54, 1.807) is 6.20 Å². The van der Waals surface area contributed by atoms with E-state index in [2.05, 4.69) is 10.1 Å². The fourth-order valence-electron chi connectivity index (χ4n) is 3.24. The van der Waals surface area contributed by atoms with Crippen molar-refractivity contribution in [2.24, 2.45) is 0 Å². The Kier molecular flexibility index (Phi) is 4.65. The Hall–Kier alpha value is -2.74. The summed E-state index contributed by atoms with van der Waals surface area (Å²) in [5.41, 5.74) is 7.52. The molecular formula is C19H20F2N4O2. The number of anilines is 1. The first kappa shape index (κ1) is 17.7. The van der Waals surface area contributed by atoms with E-state index < -0.39 is 17.4 Å². The van der Waals surface area contributed by atoms with E-state index in [0.29, 0.717) is 12.2 Å². The first-order valence-electron chi connectivity index (χ1n) is 8.86. The lowest BCUT2D eigenvalue weighted by atomic mass is 10.2. The van der Waals surface area contributed by atoms with Gasteiger partial charge in [0, 0.05) is 23.8 Å². The highest BCUT2D eigenvalue weighted by molar-refractivity contribution is 5.78. The lowest BCUT2D eigenvalue weighted by Gasteiger charge is -2.23. The summed E-state index contributed by atoms with van der Waals surface area (Å²) in [5.74, 6) is -2.19. The van der Waals surface area contributed by atoms with Crippen molar-refractivity contribution < 1.29 is 18.3 Å². The van der Waals surface area contributed by atoms with Crippen LogP contribution in [0.3, 0.4) is 0 Å². The van der Waals surface area contributed by atoms with Crippen molar-refractivity contribution in [2.45, 2.75) is 39.0 Å². The van der Waals surface area contributed by atoms with Crippen LogP contribution in [0.2, 0.25) is 0 Å². The lowest BCUT2D eigenvalue weighted by Crippen LogP contribution is -2.19. The van der Waals surface area contributed by atoms with E-state index in [9.17, 15) is 8.78 Å². The van der Waals surface area contributed by atoms with Gasteiger partial charge in [0.15, 0.2) is 29.3 Å². The average molecular weight is 374 g/mol. The molecule has 2 N–H and O–H groups in total. The van der Waals surface area contributed by atoms with Gasteiger partial charge in [-0.3, -0.25) is 0 Å². The molecule has 0 amide bonds. The molecule has 0 saturated carbocycles. The molecule has 1 fully saturated rings. The molecule has 8 heteroatoms. The Balaban J connectivity index is 1.59. The standard InChI is InChI=1S/C19H20F2N4O2/c1-11-13-8-12(10-27-18-14(20)5-6-15(22)17(18)21)9-23-19(13)25(24-11)16-4-2-3-7-26-16/h5-6,8-9,16H,2-4,7,10,22H2,1H3. The van der Waals surface area contributed by atoms with Crippen LogP contribution < -0.4 is 10.5 Å². The molecule has 1 saturated heterocycles. The van der Waals surface area contributed by atoms with Gasteiger partial charge in [-0.2, -0.15) is 5.10 Å². The zero-order valence-corrected chi connectivity index (χ0v) is 14.9. The molecule has 4 rings (SSSR count). The Morgan fingerprint density at radius 3 is 2.96 bits per heavy atom. The quantitative estimate of drug-likeness (QED) is 0.702. The number of pyridine rings is 1. The third-order valence-corrected chi connectivity index (χ3v) is 4.68. The SMILES string of the molecule is Cc1nn(C2CCCCO2)c2ncc(COc3c(F)ccc(N)c3F)cc12. The molecule has 0 spiro atoms. The molecule has 3 aromatic rings. The molecule has 1 aromatic carbocycles. The molecule has 0 aliphatic carbocycles. The molecule has 1 aliphatic heterocycles. The summed E-state index contributed by atoms with van der Waals surface area (Å²) < 4.78 is 40.7. The first-order valence-corrected chi connectivity index (χ1v) is 8.86. The maximum absolute atomic E-state index is 14.0. The number of nitrogens with zero attached hydrogens (tertiary/aromatic N) is 3. The number of aromatic nitrogens is 3. The van der Waals surface area contributed by atoms with Crippen LogP contribution in [-0.4, -0.2) is 21.4 Å². The highest BCUT2D eigenvalue weighted by Gasteiger charge is 2.21. The van der Waals surface area contributed by atoms with Crippen LogP contribution in [0.25, 0.3) is 11.0 Å². The highest BCUT2D eigenvalue weighted by Crippen LogP contribution is 2.29. The van der Waals surface area contributed by atoms with Crippen LogP contribution >= 0.6 is 0 Å². The number of benzene rings is 1. The normalized spacial score (nSPS) is 17.4. The van der Waals surface area contributed by atoms with E-state index in [0.717, 1.165) is 48.1 Å². The van der Waals surface area contributed by atoms with Crippen LogP contribution in [0.4, 0.5) is 14.5 Å². The van der Waals surface area contributed by atoms with Gasteiger partial charge in [0.25, 0.3) is 0 Å². The van der Waals surface area contributed by atoms with Crippen molar-refractivity contribution >= 4 is 16.7 Å². The minimum atomic E-state index is -0.900. The number of aryl methyl sites for hydroxylation is 1. The summed E-state index contributed by atoms with van der Waals surface area (Å²) in [6.07, 6.45) is 4.55. The predicted octanol–water partition coefficient (Wildman–Crippen LogP) is 3.88. The summed E-state index contributed by atoms with van der Waals surface area (Å²) in [5, 5.41) is 5.42. The molecule has 0 bridgehead atoms. The maximum Gasteiger partial charge on any atom is 0.193 e. The van der Waals surface area contributed by atoms with Crippen molar-refractivity contribution in [3.8, 4) is 5.75 Å². The number of hydrogen-bond acceptors (Lipinski definition) is 5. The zero-order chi connectivity index (χ0) is 19.0. The molecule has 3 heterocycles. The fraction of sp³-hybridized carbons (Fsp3) is 0.368. The largest absolute Gasteiger partial charge is 0.483 e. The third kappa shape index (κ3) is 3.32. The van der Waals surface area contributed by atoms with Crippen molar-refractivity contribution in [1.82, 2.24) is 14.8 Å². The number of rotatable bonds is 4. The second-order valence-electron chi connectivity index (χ2n) is 6.63. The van der Waals surface area contributed by atoms with Gasteiger partial charge in [0.1, 0.15) is 6.61 Å². The molecule has 1 aliphatic rings. The van der Waals surface area contributed by atoms with Crippen LogP contribution in [0, 0.1) is 18.6 Å². The minimum absolute atomic E-state index is 0.0369. The number of ether oxygens (including phenoxy) is 2. The highest BCUT2D eigenvalue weighted by atomic mass is 19.1. The van der Waals surface area contributed by atoms with Crippen LogP contribution in [0.15, 0.2) is 24.4 Å². The molecule has 1 atom stereocenters. The smallest absolute Gasteiger partial charge is 0.193 e.